The minimum Gasteiger partial charge on any atom is -0.459 e. The van der Waals surface area contributed by atoms with Gasteiger partial charge in [0.15, 0.2) is 12.4 Å². The monoisotopic (exact) mass is 412 g/mol. The molecular weight excluding hydrogens is 388 g/mol. The van der Waals surface area contributed by atoms with Crippen LogP contribution in [0.3, 0.4) is 0 Å². The summed E-state index contributed by atoms with van der Waals surface area (Å²) in [6, 6.07) is 7.77. The van der Waals surface area contributed by atoms with Gasteiger partial charge in [0.2, 0.25) is 5.91 Å². The quantitative estimate of drug-likeness (QED) is 0.704. The number of hydrogen-bond acceptors (Lipinski definition) is 6. The molecule has 1 aromatic heterocycles. The summed E-state index contributed by atoms with van der Waals surface area (Å²) in [6.07, 6.45) is 6.00. The average Bonchev–Trinajstić information content (AvgIpc) is 3.29. The lowest BCUT2D eigenvalue weighted by Crippen LogP contribution is -2.38. The highest BCUT2D eigenvalue weighted by molar-refractivity contribution is 6.03. The van der Waals surface area contributed by atoms with Gasteiger partial charge in [-0.1, -0.05) is 25.3 Å². The van der Waals surface area contributed by atoms with Gasteiger partial charge in [-0.05, 0) is 49.6 Å². The molecule has 0 aliphatic heterocycles. The number of aryl methyl sites for hydroxylation is 1. The third-order valence-corrected chi connectivity index (χ3v) is 5.04. The Morgan fingerprint density at radius 3 is 2.57 bits per heavy atom. The van der Waals surface area contributed by atoms with E-state index in [1.165, 1.54) is 24.5 Å². The van der Waals surface area contributed by atoms with Crippen molar-refractivity contribution in [3.63, 3.8) is 0 Å². The van der Waals surface area contributed by atoms with Crippen LogP contribution in [-0.4, -0.2) is 30.3 Å². The van der Waals surface area contributed by atoms with Crippen molar-refractivity contribution in [2.24, 2.45) is 5.92 Å². The molecule has 0 atom stereocenters. The Balaban J connectivity index is 1.54. The Morgan fingerprint density at radius 1 is 1.10 bits per heavy atom. The summed E-state index contributed by atoms with van der Waals surface area (Å²) in [4.78, 5) is 48.5. The molecule has 3 amide bonds. The summed E-state index contributed by atoms with van der Waals surface area (Å²) >= 11 is 0. The van der Waals surface area contributed by atoms with Crippen molar-refractivity contribution in [3.05, 3.63) is 53.5 Å². The third-order valence-electron chi connectivity index (χ3n) is 5.04. The lowest BCUT2D eigenvalue weighted by molar-refractivity contribution is -0.135. The van der Waals surface area contributed by atoms with Gasteiger partial charge in [0.25, 0.3) is 11.8 Å². The van der Waals surface area contributed by atoms with E-state index in [-0.39, 0.29) is 23.1 Å². The number of amides is 3. The fraction of sp³-hybridized carbons (Fsp3) is 0.364. The van der Waals surface area contributed by atoms with Crippen LogP contribution in [-0.2, 0) is 14.3 Å². The van der Waals surface area contributed by atoms with Crippen molar-refractivity contribution in [2.45, 2.75) is 39.0 Å². The molecule has 0 spiro atoms. The van der Waals surface area contributed by atoms with Crippen LogP contribution in [0.2, 0.25) is 0 Å². The van der Waals surface area contributed by atoms with Gasteiger partial charge < -0.3 is 14.5 Å². The molecule has 1 aromatic carbocycles. The number of esters is 1. The van der Waals surface area contributed by atoms with Crippen molar-refractivity contribution in [3.8, 4) is 0 Å². The fourth-order valence-electron chi connectivity index (χ4n) is 3.33. The van der Waals surface area contributed by atoms with E-state index < -0.39 is 24.4 Å². The molecular formula is C22H24N2O6. The lowest BCUT2D eigenvalue weighted by Gasteiger charge is -2.20. The van der Waals surface area contributed by atoms with E-state index in [1.54, 1.807) is 19.1 Å². The molecule has 1 saturated carbocycles. The molecule has 2 N–H and O–H groups in total. The molecule has 8 heteroatoms. The first-order valence-corrected chi connectivity index (χ1v) is 9.90. The largest absolute Gasteiger partial charge is 0.459 e. The van der Waals surface area contributed by atoms with Crippen molar-refractivity contribution in [1.29, 1.82) is 0 Å². The Hall–Kier alpha value is -3.42. The van der Waals surface area contributed by atoms with E-state index in [0.717, 1.165) is 37.7 Å². The second-order valence-electron chi connectivity index (χ2n) is 7.28. The van der Waals surface area contributed by atoms with E-state index in [9.17, 15) is 19.2 Å². The van der Waals surface area contributed by atoms with E-state index in [1.807, 2.05) is 0 Å². The van der Waals surface area contributed by atoms with Crippen LogP contribution < -0.4 is 10.6 Å². The van der Waals surface area contributed by atoms with E-state index in [4.69, 9.17) is 9.15 Å². The molecule has 1 fully saturated rings. The molecule has 0 bridgehead atoms. The maximum absolute atomic E-state index is 12.3. The lowest BCUT2D eigenvalue weighted by atomic mass is 9.89. The molecule has 3 rings (SSSR count). The molecule has 8 nitrogen and oxygen atoms in total. The number of hydrogen-bond donors (Lipinski definition) is 2. The van der Waals surface area contributed by atoms with E-state index >= 15 is 0 Å². The number of imide groups is 1. The first-order valence-electron chi connectivity index (χ1n) is 9.90. The Kier molecular flexibility index (Phi) is 7.00. The Labute approximate surface area is 174 Å². The zero-order chi connectivity index (χ0) is 21.5. The summed E-state index contributed by atoms with van der Waals surface area (Å²) in [5.41, 5.74) is 1.33. The molecule has 2 aromatic rings. The predicted molar refractivity (Wildman–Crippen MR) is 108 cm³/mol. The van der Waals surface area contributed by atoms with Gasteiger partial charge >= 0.3 is 5.97 Å². The number of benzene rings is 1. The first kappa shape index (κ1) is 21.3. The number of furan rings is 1. The molecule has 0 unspecified atom stereocenters. The molecule has 0 radical (unpaired) electrons. The van der Waals surface area contributed by atoms with Crippen molar-refractivity contribution in [1.82, 2.24) is 5.32 Å². The van der Waals surface area contributed by atoms with Crippen LogP contribution in [0.1, 0.15) is 58.6 Å². The van der Waals surface area contributed by atoms with Crippen molar-refractivity contribution < 1.29 is 28.3 Å². The van der Waals surface area contributed by atoms with Gasteiger partial charge in [-0.3, -0.25) is 19.7 Å². The van der Waals surface area contributed by atoms with Crippen LogP contribution in [0.4, 0.5) is 5.69 Å². The highest BCUT2D eigenvalue weighted by Gasteiger charge is 2.23. The average molecular weight is 412 g/mol. The SMILES string of the molecule is Cc1ccc(C(=O)OCC(=O)NC(=O)C2CCCCC2)cc1NC(=O)c1ccco1. The molecule has 158 valence electrons. The number of carbonyl (C=O) groups excluding carboxylic acids is 4. The van der Waals surface area contributed by atoms with Crippen LogP contribution in [0.15, 0.2) is 41.0 Å². The van der Waals surface area contributed by atoms with Gasteiger partial charge in [0.1, 0.15) is 0 Å². The first-order chi connectivity index (χ1) is 14.4. The van der Waals surface area contributed by atoms with Gasteiger partial charge in [-0.15, -0.1) is 0 Å². The second kappa shape index (κ2) is 9.87. The summed E-state index contributed by atoms with van der Waals surface area (Å²) in [5.74, 6) is -2.16. The number of ether oxygens (including phenoxy) is 1. The number of carbonyl (C=O) groups is 4. The van der Waals surface area contributed by atoms with E-state index in [0.29, 0.717) is 5.69 Å². The number of rotatable bonds is 6. The molecule has 0 saturated heterocycles. The Bertz CT molecular complexity index is 929. The topological polar surface area (TPSA) is 115 Å². The smallest absolute Gasteiger partial charge is 0.338 e. The van der Waals surface area contributed by atoms with Crippen LogP contribution in [0.5, 0.6) is 0 Å². The molecule has 1 aliphatic rings. The van der Waals surface area contributed by atoms with Gasteiger partial charge in [0, 0.05) is 11.6 Å². The minimum absolute atomic E-state index is 0.140. The molecule has 1 heterocycles. The van der Waals surface area contributed by atoms with Crippen LogP contribution in [0, 0.1) is 12.8 Å². The van der Waals surface area contributed by atoms with Crippen molar-refractivity contribution in [2.75, 3.05) is 11.9 Å². The van der Waals surface area contributed by atoms with Gasteiger partial charge in [0.05, 0.1) is 11.8 Å². The van der Waals surface area contributed by atoms with Crippen LogP contribution >= 0.6 is 0 Å². The normalized spacial score (nSPS) is 14.0. The standard InChI is InChI=1S/C22H24N2O6/c1-14-9-10-16(12-17(14)23-21(27)18-8-5-11-29-18)22(28)30-13-19(25)24-20(26)15-6-3-2-4-7-15/h5,8-12,15H,2-4,6-7,13H2,1H3,(H,23,27)(H,24,25,26). The highest BCUT2D eigenvalue weighted by Crippen LogP contribution is 2.23. The zero-order valence-corrected chi connectivity index (χ0v) is 16.7. The fourth-order valence-corrected chi connectivity index (χ4v) is 3.33. The molecule has 30 heavy (non-hydrogen) atoms. The van der Waals surface area contributed by atoms with Crippen LogP contribution in [0.25, 0.3) is 0 Å². The Morgan fingerprint density at radius 2 is 1.87 bits per heavy atom. The van der Waals surface area contributed by atoms with Crippen molar-refractivity contribution >= 4 is 29.4 Å². The van der Waals surface area contributed by atoms with E-state index in [2.05, 4.69) is 10.6 Å². The van der Waals surface area contributed by atoms with Gasteiger partial charge in [-0.25, -0.2) is 4.79 Å². The minimum atomic E-state index is -0.733. The predicted octanol–water partition coefficient (Wildman–Crippen LogP) is 3.22. The maximum atomic E-state index is 12.3. The second-order valence-corrected chi connectivity index (χ2v) is 7.28. The summed E-state index contributed by atoms with van der Waals surface area (Å²) in [7, 11) is 0. The summed E-state index contributed by atoms with van der Waals surface area (Å²) in [6.45, 7) is 1.22. The zero-order valence-electron chi connectivity index (χ0n) is 16.7. The van der Waals surface area contributed by atoms with Gasteiger partial charge in [-0.2, -0.15) is 0 Å². The third kappa shape index (κ3) is 5.56. The summed E-state index contributed by atoms with van der Waals surface area (Å²) in [5, 5.41) is 4.97. The number of nitrogens with one attached hydrogen (secondary N) is 2. The molecule has 1 aliphatic carbocycles. The summed E-state index contributed by atoms with van der Waals surface area (Å²) < 4.78 is 10.1. The maximum Gasteiger partial charge on any atom is 0.338 e. The highest BCUT2D eigenvalue weighted by atomic mass is 16.5. The number of anilines is 1.